The fourth-order valence-electron chi connectivity index (χ4n) is 1.66. The van der Waals surface area contributed by atoms with Crippen molar-refractivity contribution in [2.24, 2.45) is 11.0 Å². The molecule has 1 aliphatic carbocycles. The van der Waals surface area contributed by atoms with E-state index in [2.05, 4.69) is 32.6 Å². The van der Waals surface area contributed by atoms with Crippen LogP contribution in [-0.4, -0.2) is 15.7 Å². The van der Waals surface area contributed by atoms with Gasteiger partial charge in [0.15, 0.2) is 5.78 Å². The summed E-state index contributed by atoms with van der Waals surface area (Å²) in [6.45, 7) is 4.33. The number of hydrogen-bond donors (Lipinski definition) is 0. The second kappa shape index (κ2) is 4.99. The molecule has 0 fully saturated rings. The Labute approximate surface area is 103 Å². The van der Waals surface area contributed by atoms with Crippen LogP contribution in [0.1, 0.15) is 26.7 Å². The summed E-state index contributed by atoms with van der Waals surface area (Å²) in [4.78, 5) is 14.3. The van der Waals surface area contributed by atoms with E-state index in [0.29, 0.717) is 13.0 Å². The number of carbonyl (C=O) groups excluding carboxylic acids is 1. The third-order valence-corrected chi connectivity index (χ3v) is 4.10. The molecule has 0 saturated carbocycles. The van der Waals surface area contributed by atoms with Crippen LogP contribution in [0.2, 0.25) is 0 Å². The van der Waals surface area contributed by atoms with E-state index in [4.69, 9.17) is 5.53 Å². The van der Waals surface area contributed by atoms with Crippen LogP contribution in [0.5, 0.6) is 0 Å². The van der Waals surface area contributed by atoms with Crippen molar-refractivity contribution in [1.29, 1.82) is 0 Å². The number of hydrogen-bond acceptors (Lipinski definition) is 2. The second-order valence-electron chi connectivity index (χ2n) is 4.11. The molecule has 2 atom stereocenters. The van der Waals surface area contributed by atoms with E-state index in [1.165, 1.54) is 0 Å². The number of halogens is 1. The van der Waals surface area contributed by atoms with E-state index < -0.39 is 0 Å². The first-order chi connectivity index (χ1) is 6.97. The minimum Gasteiger partial charge on any atom is -0.295 e. The van der Waals surface area contributed by atoms with E-state index in [0.717, 1.165) is 12.0 Å². The van der Waals surface area contributed by atoms with Gasteiger partial charge in [0.05, 0.1) is 0 Å². The van der Waals surface area contributed by atoms with Gasteiger partial charge in [0.25, 0.3) is 0 Å². The molecular weight excluding hydrogens is 305 g/mol. The lowest BCUT2D eigenvalue weighted by molar-refractivity contribution is -0.117. The highest BCUT2D eigenvalue weighted by Crippen LogP contribution is 2.37. The Morgan fingerprint density at radius 3 is 3.00 bits per heavy atom. The molecule has 0 aromatic rings. The summed E-state index contributed by atoms with van der Waals surface area (Å²) in [5.41, 5.74) is 9.16. The molecule has 0 spiro atoms. The number of alkyl halides is 1. The van der Waals surface area contributed by atoms with Crippen LogP contribution in [0, 0.1) is 5.92 Å². The highest BCUT2D eigenvalue weighted by molar-refractivity contribution is 14.1. The molecule has 1 aliphatic rings. The summed E-state index contributed by atoms with van der Waals surface area (Å²) < 4.78 is -0.128. The third-order valence-electron chi connectivity index (χ3n) is 2.87. The molecule has 0 N–H and O–H groups in total. The fraction of sp³-hybridized carbons (Fsp3) is 0.700. The topological polar surface area (TPSA) is 65.8 Å². The molecule has 0 radical (unpaired) electrons. The third kappa shape index (κ3) is 3.21. The number of carbonyl (C=O) groups is 1. The first-order valence-corrected chi connectivity index (χ1v) is 5.95. The Hall–Kier alpha value is -0.550. The minimum absolute atomic E-state index is 0.128. The van der Waals surface area contributed by atoms with E-state index in [1.54, 1.807) is 0 Å². The Morgan fingerprint density at radius 2 is 2.47 bits per heavy atom. The summed E-state index contributed by atoms with van der Waals surface area (Å²) in [7, 11) is 0. The molecule has 1 unspecified atom stereocenters. The van der Waals surface area contributed by atoms with Gasteiger partial charge in [0.2, 0.25) is 0 Å². The summed E-state index contributed by atoms with van der Waals surface area (Å²) in [5.74, 6) is 0.495. The molecule has 82 valence electrons. The van der Waals surface area contributed by atoms with Gasteiger partial charge in [0.1, 0.15) is 0 Å². The van der Waals surface area contributed by atoms with Crippen molar-refractivity contribution in [2.75, 3.05) is 6.54 Å². The number of nitrogens with zero attached hydrogens (tertiary/aromatic N) is 3. The van der Waals surface area contributed by atoms with Crippen molar-refractivity contribution in [3.63, 3.8) is 0 Å². The maximum Gasteiger partial charge on any atom is 0.158 e. The standard InChI is InChI=1S/C10H14IN3O/c1-7-3-4-8(5-9(7)15)10(2,11)6-13-14-12/h3,8H,4-6H2,1-2H3/t8-,10?/m1/s1. The average Bonchev–Trinajstić information content (AvgIpc) is 2.19. The molecule has 15 heavy (non-hydrogen) atoms. The van der Waals surface area contributed by atoms with Gasteiger partial charge in [0, 0.05) is 21.3 Å². The zero-order valence-electron chi connectivity index (χ0n) is 8.90. The molecule has 0 aromatic carbocycles. The van der Waals surface area contributed by atoms with Crippen molar-refractivity contribution in [2.45, 2.75) is 30.1 Å². The Morgan fingerprint density at radius 1 is 1.80 bits per heavy atom. The lowest BCUT2D eigenvalue weighted by atomic mass is 9.81. The molecule has 1 rings (SSSR count). The molecule has 0 aliphatic heterocycles. The second-order valence-corrected chi connectivity index (χ2v) is 6.58. The van der Waals surface area contributed by atoms with Gasteiger partial charge < -0.3 is 0 Å². The largest absolute Gasteiger partial charge is 0.295 e. The van der Waals surface area contributed by atoms with Gasteiger partial charge in [-0.3, -0.25) is 4.79 Å². The van der Waals surface area contributed by atoms with Crippen LogP contribution < -0.4 is 0 Å². The number of ketones is 1. The highest BCUT2D eigenvalue weighted by atomic mass is 127. The number of azide groups is 1. The van der Waals surface area contributed by atoms with E-state index in [9.17, 15) is 4.79 Å². The fourth-order valence-corrected chi connectivity index (χ4v) is 2.29. The SMILES string of the molecule is CC1=CC[C@@H](C(C)(I)CN=[N+]=[N-])CC1=O. The van der Waals surface area contributed by atoms with Crippen LogP contribution in [0.25, 0.3) is 10.4 Å². The Bertz CT molecular complexity index is 343. The predicted octanol–water partition coefficient (Wildman–Crippen LogP) is 3.42. The molecule has 0 aromatic heterocycles. The maximum absolute atomic E-state index is 11.5. The predicted molar refractivity (Wildman–Crippen MR) is 67.9 cm³/mol. The van der Waals surface area contributed by atoms with Gasteiger partial charge in [-0.15, -0.1) is 0 Å². The monoisotopic (exact) mass is 319 g/mol. The minimum atomic E-state index is -0.128. The smallest absolute Gasteiger partial charge is 0.158 e. The first-order valence-electron chi connectivity index (χ1n) is 4.87. The Balaban J connectivity index is 2.73. The lowest BCUT2D eigenvalue weighted by Gasteiger charge is -2.32. The van der Waals surface area contributed by atoms with Crippen molar-refractivity contribution in [1.82, 2.24) is 0 Å². The highest BCUT2D eigenvalue weighted by Gasteiger charge is 2.33. The summed E-state index contributed by atoms with van der Waals surface area (Å²) in [6.07, 6.45) is 3.46. The maximum atomic E-state index is 11.5. The zero-order chi connectivity index (χ0) is 11.5. The van der Waals surface area contributed by atoms with Crippen molar-refractivity contribution in [3.05, 3.63) is 22.1 Å². The van der Waals surface area contributed by atoms with Crippen LogP contribution in [0.15, 0.2) is 16.8 Å². The van der Waals surface area contributed by atoms with Gasteiger partial charge in [-0.25, -0.2) is 0 Å². The number of Topliss-reactive ketones (excluding diaryl/α,β-unsaturated/α-hetero) is 1. The zero-order valence-corrected chi connectivity index (χ0v) is 11.1. The summed E-state index contributed by atoms with van der Waals surface area (Å²) in [6, 6.07) is 0. The van der Waals surface area contributed by atoms with Gasteiger partial charge in [-0.2, -0.15) is 0 Å². The molecule has 0 saturated heterocycles. The van der Waals surface area contributed by atoms with Gasteiger partial charge in [-0.1, -0.05) is 40.7 Å². The van der Waals surface area contributed by atoms with Crippen LogP contribution in [0.4, 0.5) is 0 Å². The van der Waals surface area contributed by atoms with Gasteiger partial charge in [-0.05, 0) is 30.4 Å². The normalized spacial score (nSPS) is 25.1. The van der Waals surface area contributed by atoms with Crippen molar-refractivity contribution >= 4 is 28.4 Å². The van der Waals surface area contributed by atoms with E-state index in [1.807, 2.05) is 19.9 Å². The van der Waals surface area contributed by atoms with Crippen LogP contribution in [-0.2, 0) is 4.79 Å². The summed E-state index contributed by atoms with van der Waals surface area (Å²) in [5, 5.41) is 3.60. The molecule has 5 heteroatoms. The van der Waals surface area contributed by atoms with E-state index in [-0.39, 0.29) is 15.1 Å². The van der Waals surface area contributed by atoms with Crippen LogP contribution >= 0.6 is 22.6 Å². The lowest BCUT2D eigenvalue weighted by Crippen LogP contribution is -2.34. The first kappa shape index (κ1) is 12.5. The van der Waals surface area contributed by atoms with Gasteiger partial charge >= 0.3 is 0 Å². The summed E-state index contributed by atoms with van der Waals surface area (Å²) >= 11 is 2.29. The number of allylic oxidation sites excluding steroid dienone is 2. The Kier molecular flexibility index (Phi) is 4.16. The average molecular weight is 319 g/mol. The quantitative estimate of drug-likeness (QED) is 0.258. The molecular formula is C10H14IN3O. The molecule has 0 heterocycles. The van der Waals surface area contributed by atoms with Crippen molar-refractivity contribution < 1.29 is 4.79 Å². The number of rotatable bonds is 3. The molecule has 0 amide bonds. The molecule has 4 nitrogen and oxygen atoms in total. The van der Waals surface area contributed by atoms with Crippen molar-refractivity contribution in [3.8, 4) is 0 Å². The van der Waals surface area contributed by atoms with E-state index >= 15 is 0 Å². The van der Waals surface area contributed by atoms with Crippen LogP contribution in [0.3, 0.4) is 0 Å². The molecule has 0 bridgehead atoms.